The van der Waals surface area contributed by atoms with Gasteiger partial charge in [0.25, 0.3) is 0 Å². The summed E-state index contributed by atoms with van der Waals surface area (Å²) in [4.78, 5) is 0. The minimum atomic E-state index is 0.183. The summed E-state index contributed by atoms with van der Waals surface area (Å²) < 4.78 is 6.06. The van der Waals surface area contributed by atoms with Gasteiger partial charge in [0.1, 0.15) is 0 Å². The molecule has 5 heteroatoms. The van der Waals surface area contributed by atoms with Crippen LogP contribution in [0.2, 0.25) is 0 Å². The summed E-state index contributed by atoms with van der Waals surface area (Å²) >= 11 is 3.94. The topological polar surface area (TPSA) is 47.3 Å². The number of ether oxygens (including phenoxy) is 1. The summed E-state index contributed by atoms with van der Waals surface area (Å²) in [6, 6.07) is 0.467. The summed E-state index contributed by atoms with van der Waals surface area (Å²) in [5.74, 6) is 10.1. The summed E-state index contributed by atoms with van der Waals surface area (Å²) in [6.45, 7) is 0.919. The maximum absolute atomic E-state index is 6.06. The molecule has 0 aromatic heterocycles. The van der Waals surface area contributed by atoms with Crippen molar-refractivity contribution >= 4 is 23.5 Å². The van der Waals surface area contributed by atoms with Crippen LogP contribution in [0.5, 0.6) is 0 Å². The lowest BCUT2D eigenvalue weighted by Gasteiger charge is -2.40. The molecule has 0 radical (unpaired) electrons. The maximum atomic E-state index is 6.06. The Hall–Kier alpha value is 0.580. The van der Waals surface area contributed by atoms with Crippen LogP contribution in [0.15, 0.2) is 0 Å². The fraction of sp³-hybridized carbons (Fsp3) is 1.00. The Labute approximate surface area is 113 Å². The van der Waals surface area contributed by atoms with E-state index in [-0.39, 0.29) is 5.60 Å². The standard InChI is InChI=1S/C12H24N2OS2/c1-16-6-3-11(14-13)10-2-5-15-12(8-10)4-7-17-9-12/h10-11,14H,2-9,13H2,1H3. The quantitative estimate of drug-likeness (QED) is 0.593. The van der Waals surface area contributed by atoms with Crippen molar-refractivity contribution in [3.05, 3.63) is 0 Å². The fourth-order valence-electron chi connectivity index (χ4n) is 2.97. The molecule has 2 rings (SSSR count). The number of nitrogens with two attached hydrogens (primary N) is 1. The second-order valence-electron chi connectivity index (χ2n) is 5.14. The van der Waals surface area contributed by atoms with Crippen molar-refractivity contribution in [2.24, 2.45) is 11.8 Å². The first kappa shape index (κ1) is 14.0. The molecule has 17 heavy (non-hydrogen) atoms. The van der Waals surface area contributed by atoms with E-state index < -0.39 is 0 Å². The minimum absolute atomic E-state index is 0.183. The summed E-state index contributed by atoms with van der Waals surface area (Å²) in [7, 11) is 0. The number of rotatable bonds is 5. The largest absolute Gasteiger partial charge is 0.374 e. The molecule has 2 fully saturated rings. The maximum Gasteiger partial charge on any atom is 0.0783 e. The lowest BCUT2D eigenvalue weighted by molar-refractivity contribution is -0.0852. The number of nitrogens with one attached hydrogen (secondary N) is 1. The summed E-state index contributed by atoms with van der Waals surface area (Å²) in [5.41, 5.74) is 3.22. The molecule has 1 spiro atoms. The van der Waals surface area contributed by atoms with Gasteiger partial charge < -0.3 is 4.74 Å². The molecule has 0 bridgehead atoms. The second-order valence-corrected chi connectivity index (χ2v) is 7.23. The molecule has 0 aliphatic carbocycles. The van der Waals surface area contributed by atoms with E-state index in [1.807, 2.05) is 23.5 Å². The van der Waals surface area contributed by atoms with Crippen LogP contribution in [-0.4, -0.2) is 41.8 Å². The van der Waals surface area contributed by atoms with Crippen LogP contribution in [-0.2, 0) is 4.74 Å². The van der Waals surface area contributed by atoms with Crippen molar-refractivity contribution in [1.29, 1.82) is 0 Å². The highest BCUT2D eigenvalue weighted by Gasteiger charge is 2.42. The van der Waals surface area contributed by atoms with Crippen LogP contribution < -0.4 is 11.3 Å². The lowest BCUT2D eigenvalue weighted by Crippen LogP contribution is -2.49. The molecule has 0 aromatic carbocycles. The van der Waals surface area contributed by atoms with E-state index in [9.17, 15) is 0 Å². The second kappa shape index (κ2) is 6.66. The van der Waals surface area contributed by atoms with Crippen molar-refractivity contribution in [3.63, 3.8) is 0 Å². The van der Waals surface area contributed by atoms with Gasteiger partial charge in [-0.3, -0.25) is 11.3 Å². The third-order valence-electron chi connectivity index (χ3n) is 4.01. The van der Waals surface area contributed by atoms with Crippen LogP contribution in [0.1, 0.15) is 25.7 Å². The monoisotopic (exact) mass is 276 g/mol. The Kier molecular flexibility index (Phi) is 5.49. The molecule has 0 amide bonds. The molecular formula is C12H24N2OS2. The number of hydrogen-bond donors (Lipinski definition) is 2. The molecule has 3 nitrogen and oxygen atoms in total. The molecule has 3 atom stereocenters. The van der Waals surface area contributed by atoms with E-state index >= 15 is 0 Å². The SMILES string of the molecule is CSCCC(NN)C1CCOC2(CCSC2)C1. The molecule has 2 aliphatic rings. The van der Waals surface area contributed by atoms with Crippen LogP contribution in [0.25, 0.3) is 0 Å². The van der Waals surface area contributed by atoms with Crippen molar-refractivity contribution in [2.45, 2.75) is 37.3 Å². The Morgan fingerprint density at radius 2 is 2.53 bits per heavy atom. The van der Waals surface area contributed by atoms with E-state index in [2.05, 4.69) is 11.7 Å². The Bertz CT molecular complexity index is 235. The first-order valence-electron chi connectivity index (χ1n) is 6.46. The lowest BCUT2D eigenvalue weighted by atomic mass is 9.80. The van der Waals surface area contributed by atoms with Gasteiger partial charge in [-0.25, -0.2) is 0 Å². The van der Waals surface area contributed by atoms with Gasteiger partial charge in [-0.1, -0.05) is 0 Å². The zero-order chi connectivity index (χ0) is 12.1. The summed E-state index contributed by atoms with van der Waals surface area (Å²) in [6.07, 6.45) is 6.92. The Morgan fingerprint density at radius 3 is 3.18 bits per heavy atom. The van der Waals surface area contributed by atoms with Gasteiger partial charge in [0, 0.05) is 18.4 Å². The smallest absolute Gasteiger partial charge is 0.0783 e. The van der Waals surface area contributed by atoms with Gasteiger partial charge in [-0.05, 0) is 49.4 Å². The molecule has 3 unspecified atom stereocenters. The number of thioether (sulfide) groups is 2. The third-order valence-corrected chi connectivity index (χ3v) is 5.88. The van der Waals surface area contributed by atoms with Crippen molar-refractivity contribution < 1.29 is 4.74 Å². The van der Waals surface area contributed by atoms with Crippen molar-refractivity contribution in [3.8, 4) is 0 Å². The highest BCUT2D eigenvalue weighted by Crippen LogP contribution is 2.41. The van der Waals surface area contributed by atoms with Gasteiger partial charge in [-0.2, -0.15) is 23.5 Å². The van der Waals surface area contributed by atoms with E-state index in [4.69, 9.17) is 10.6 Å². The van der Waals surface area contributed by atoms with E-state index in [1.54, 1.807) is 0 Å². The minimum Gasteiger partial charge on any atom is -0.374 e. The molecule has 2 aliphatic heterocycles. The fourth-order valence-corrected chi connectivity index (χ4v) is 4.84. The van der Waals surface area contributed by atoms with Gasteiger partial charge in [0.15, 0.2) is 0 Å². The number of hydrazine groups is 1. The van der Waals surface area contributed by atoms with E-state index in [0.717, 1.165) is 13.0 Å². The molecule has 2 heterocycles. The van der Waals surface area contributed by atoms with Crippen LogP contribution in [0, 0.1) is 5.92 Å². The highest BCUT2D eigenvalue weighted by molar-refractivity contribution is 7.99. The Morgan fingerprint density at radius 1 is 1.65 bits per heavy atom. The Balaban J connectivity index is 1.90. The molecule has 3 N–H and O–H groups in total. The molecule has 100 valence electrons. The predicted octanol–water partition coefficient (Wildman–Crippen LogP) is 1.87. The van der Waals surface area contributed by atoms with Gasteiger partial charge in [0.2, 0.25) is 0 Å². The normalized spacial score (nSPS) is 35.3. The van der Waals surface area contributed by atoms with Crippen molar-refractivity contribution in [2.75, 3.05) is 30.1 Å². The zero-order valence-corrected chi connectivity index (χ0v) is 12.2. The zero-order valence-electron chi connectivity index (χ0n) is 10.6. The van der Waals surface area contributed by atoms with Gasteiger partial charge in [-0.15, -0.1) is 0 Å². The van der Waals surface area contributed by atoms with Gasteiger partial charge >= 0.3 is 0 Å². The number of hydrogen-bond acceptors (Lipinski definition) is 5. The van der Waals surface area contributed by atoms with Crippen LogP contribution in [0.3, 0.4) is 0 Å². The first-order valence-corrected chi connectivity index (χ1v) is 9.01. The molecule has 2 saturated heterocycles. The van der Waals surface area contributed by atoms with Gasteiger partial charge in [0.05, 0.1) is 5.60 Å². The third kappa shape index (κ3) is 3.53. The molecular weight excluding hydrogens is 252 g/mol. The van der Waals surface area contributed by atoms with Crippen LogP contribution in [0.4, 0.5) is 0 Å². The molecule has 0 aromatic rings. The molecule has 0 saturated carbocycles. The average Bonchev–Trinajstić information content (AvgIpc) is 2.78. The van der Waals surface area contributed by atoms with Crippen LogP contribution >= 0.6 is 23.5 Å². The average molecular weight is 276 g/mol. The summed E-state index contributed by atoms with van der Waals surface area (Å²) in [5, 5.41) is 0. The highest BCUT2D eigenvalue weighted by atomic mass is 32.2. The first-order chi connectivity index (χ1) is 8.29. The van der Waals surface area contributed by atoms with E-state index in [0.29, 0.717) is 12.0 Å². The van der Waals surface area contributed by atoms with Crippen molar-refractivity contribution in [1.82, 2.24) is 5.43 Å². The van der Waals surface area contributed by atoms with E-state index in [1.165, 1.54) is 36.5 Å². The predicted molar refractivity (Wildman–Crippen MR) is 77.5 cm³/mol.